The Morgan fingerprint density at radius 3 is 2.52 bits per heavy atom. The zero-order chi connectivity index (χ0) is 19.4. The van der Waals surface area contributed by atoms with Crippen molar-refractivity contribution < 1.29 is 18.8 Å². The van der Waals surface area contributed by atoms with Crippen LogP contribution in [0, 0.1) is 11.7 Å². The molecule has 2 amide bonds. The summed E-state index contributed by atoms with van der Waals surface area (Å²) in [5.74, 6) is -0.889. The van der Waals surface area contributed by atoms with Crippen molar-refractivity contribution in [2.24, 2.45) is 5.92 Å². The van der Waals surface area contributed by atoms with Gasteiger partial charge in [0.25, 0.3) is 5.91 Å². The zero-order valence-corrected chi connectivity index (χ0v) is 15.0. The van der Waals surface area contributed by atoms with Crippen LogP contribution < -0.4 is 5.32 Å². The number of carbonyl (C=O) groups is 3. The largest absolute Gasteiger partial charge is 0.343 e. The van der Waals surface area contributed by atoms with Gasteiger partial charge in [0.05, 0.1) is 6.20 Å². The summed E-state index contributed by atoms with van der Waals surface area (Å²) < 4.78 is 13.0. The number of likely N-dealkylation sites (tertiary alicyclic amines) is 1. The predicted molar refractivity (Wildman–Crippen MR) is 96.6 cm³/mol. The monoisotopic (exact) mass is 372 g/mol. The van der Waals surface area contributed by atoms with E-state index in [9.17, 15) is 18.8 Å². The number of hydrogen-bond acceptors (Lipinski definition) is 4. The van der Waals surface area contributed by atoms with Gasteiger partial charge in [-0.15, -0.1) is 0 Å². The van der Waals surface area contributed by atoms with Crippen LogP contribution in [0.4, 0.5) is 10.1 Å². The second-order valence-corrected chi connectivity index (χ2v) is 6.65. The fourth-order valence-electron chi connectivity index (χ4n) is 3.22. The summed E-state index contributed by atoms with van der Waals surface area (Å²) in [5.41, 5.74) is 1.19. The number of H-pyrrole nitrogens is 1. The van der Waals surface area contributed by atoms with Crippen LogP contribution in [-0.2, 0) is 16.0 Å². The van der Waals surface area contributed by atoms with Crippen molar-refractivity contribution in [1.82, 2.24) is 15.1 Å². The number of aromatic nitrogens is 2. The molecule has 0 saturated carbocycles. The van der Waals surface area contributed by atoms with Crippen molar-refractivity contribution in [2.45, 2.75) is 26.2 Å². The number of amides is 2. The number of benzene rings is 1. The molecule has 3 rings (SSSR count). The molecule has 0 spiro atoms. The Labute approximate surface area is 155 Å². The van der Waals surface area contributed by atoms with Gasteiger partial charge in [-0.1, -0.05) is 0 Å². The lowest BCUT2D eigenvalue weighted by Crippen LogP contribution is -2.39. The highest BCUT2D eigenvalue weighted by Gasteiger charge is 2.27. The first-order valence-corrected chi connectivity index (χ1v) is 8.81. The fourth-order valence-corrected chi connectivity index (χ4v) is 3.22. The number of nitrogens with zero attached hydrogens (tertiary/aromatic N) is 2. The first-order chi connectivity index (χ1) is 12.9. The van der Waals surface area contributed by atoms with E-state index in [2.05, 4.69) is 15.5 Å². The van der Waals surface area contributed by atoms with Gasteiger partial charge < -0.3 is 10.2 Å². The van der Waals surface area contributed by atoms with E-state index in [-0.39, 0.29) is 29.7 Å². The summed E-state index contributed by atoms with van der Waals surface area (Å²) in [6.07, 6.45) is 2.84. The van der Waals surface area contributed by atoms with Crippen molar-refractivity contribution in [2.75, 3.05) is 18.4 Å². The number of rotatable bonds is 5. The van der Waals surface area contributed by atoms with E-state index < -0.39 is 11.7 Å². The molecule has 27 heavy (non-hydrogen) atoms. The maximum absolute atomic E-state index is 13.0. The maximum atomic E-state index is 13.0. The molecule has 8 heteroatoms. The maximum Gasteiger partial charge on any atom is 0.273 e. The quantitative estimate of drug-likeness (QED) is 0.841. The molecule has 7 nitrogen and oxygen atoms in total. The molecule has 2 N–H and O–H groups in total. The van der Waals surface area contributed by atoms with Gasteiger partial charge in [0.15, 0.2) is 0 Å². The molecule has 0 aliphatic carbocycles. The van der Waals surface area contributed by atoms with E-state index >= 15 is 0 Å². The second kappa shape index (κ2) is 8.11. The molecule has 1 fully saturated rings. The summed E-state index contributed by atoms with van der Waals surface area (Å²) in [6, 6.07) is 5.41. The normalized spacial score (nSPS) is 14.8. The molecule has 142 valence electrons. The molecule has 1 aromatic heterocycles. The first kappa shape index (κ1) is 18.8. The molecular weight excluding hydrogens is 351 g/mol. The number of halogens is 1. The minimum atomic E-state index is -0.437. The highest BCUT2D eigenvalue weighted by atomic mass is 19.1. The van der Waals surface area contributed by atoms with E-state index in [0.717, 1.165) is 0 Å². The lowest BCUT2D eigenvalue weighted by Gasteiger charge is -2.30. The molecule has 2 aromatic rings. The number of carbonyl (C=O) groups excluding carboxylic acids is 3. The van der Waals surface area contributed by atoms with Crippen LogP contribution in [0.1, 0.15) is 35.8 Å². The van der Waals surface area contributed by atoms with Crippen LogP contribution in [0.5, 0.6) is 0 Å². The topological polar surface area (TPSA) is 95.2 Å². The molecule has 0 radical (unpaired) electrons. The van der Waals surface area contributed by atoms with Crippen molar-refractivity contribution in [3.8, 4) is 0 Å². The predicted octanol–water partition coefficient (Wildman–Crippen LogP) is 2.17. The Kier molecular flexibility index (Phi) is 5.63. The summed E-state index contributed by atoms with van der Waals surface area (Å²) in [5, 5.41) is 9.16. The third kappa shape index (κ3) is 4.58. The third-order valence-electron chi connectivity index (χ3n) is 4.81. The summed E-state index contributed by atoms with van der Waals surface area (Å²) in [7, 11) is 0. The number of anilines is 1. The van der Waals surface area contributed by atoms with E-state index in [1.54, 1.807) is 4.90 Å². The van der Waals surface area contributed by atoms with E-state index in [1.807, 2.05) is 0 Å². The van der Waals surface area contributed by atoms with Crippen molar-refractivity contribution in [1.29, 1.82) is 0 Å². The molecule has 1 aromatic carbocycles. The Morgan fingerprint density at radius 1 is 1.22 bits per heavy atom. The van der Waals surface area contributed by atoms with Gasteiger partial charge in [0.2, 0.25) is 5.91 Å². The van der Waals surface area contributed by atoms with Crippen LogP contribution >= 0.6 is 0 Å². The summed E-state index contributed by atoms with van der Waals surface area (Å²) >= 11 is 0. The second-order valence-electron chi connectivity index (χ2n) is 6.65. The Hall–Kier alpha value is -3.03. The van der Waals surface area contributed by atoms with E-state index in [1.165, 1.54) is 37.4 Å². The number of hydrogen-bond donors (Lipinski definition) is 2. The van der Waals surface area contributed by atoms with Crippen molar-refractivity contribution in [3.63, 3.8) is 0 Å². The Bertz CT molecular complexity index is 839. The van der Waals surface area contributed by atoms with Crippen LogP contribution in [0.25, 0.3) is 0 Å². The van der Waals surface area contributed by atoms with Crippen LogP contribution in [-0.4, -0.2) is 45.8 Å². The molecule has 1 aliphatic rings. The average Bonchev–Trinajstić information content (AvgIpc) is 3.12. The number of Topliss-reactive ketones (excluding diaryl/α,β-unsaturated/α-hetero) is 1. The first-order valence-electron chi connectivity index (χ1n) is 8.81. The lowest BCUT2D eigenvalue weighted by molar-refractivity contribution is -0.133. The van der Waals surface area contributed by atoms with Gasteiger partial charge in [-0.05, 0) is 37.1 Å². The molecule has 2 heterocycles. The fraction of sp³-hybridized carbons (Fsp3) is 0.368. The SMILES string of the molecule is CC(=O)N1CCC(C(=O)Cc2cn[nH]c2C(=O)Nc2ccc(F)cc2)CC1. The molecule has 1 saturated heterocycles. The Balaban J connectivity index is 1.61. The highest BCUT2D eigenvalue weighted by Crippen LogP contribution is 2.21. The van der Waals surface area contributed by atoms with E-state index in [0.29, 0.717) is 37.2 Å². The standard InChI is InChI=1S/C19H21FN4O3/c1-12(25)24-8-6-13(7-9-24)17(26)10-14-11-21-23-18(14)19(27)22-16-4-2-15(20)3-5-16/h2-5,11,13H,6-10H2,1H3,(H,21,23)(H,22,27). The third-order valence-corrected chi connectivity index (χ3v) is 4.81. The van der Waals surface area contributed by atoms with Gasteiger partial charge >= 0.3 is 0 Å². The summed E-state index contributed by atoms with van der Waals surface area (Å²) in [4.78, 5) is 38.1. The van der Waals surface area contributed by atoms with Gasteiger partial charge in [-0.2, -0.15) is 5.10 Å². The van der Waals surface area contributed by atoms with Gasteiger partial charge in [-0.3, -0.25) is 19.5 Å². The van der Waals surface area contributed by atoms with Crippen molar-refractivity contribution >= 4 is 23.3 Å². The average molecular weight is 372 g/mol. The minimum absolute atomic E-state index is 0.0236. The van der Waals surface area contributed by atoms with Gasteiger partial charge in [0.1, 0.15) is 17.3 Å². The van der Waals surface area contributed by atoms with Crippen LogP contribution in [0.15, 0.2) is 30.5 Å². The summed E-state index contributed by atoms with van der Waals surface area (Å²) in [6.45, 7) is 2.68. The molecule has 0 unspecified atom stereocenters. The smallest absolute Gasteiger partial charge is 0.273 e. The van der Waals surface area contributed by atoms with Crippen LogP contribution in [0.3, 0.4) is 0 Å². The molecule has 0 atom stereocenters. The van der Waals surface area contributed by atoms with Gasteiger partial charge in [-0.25, -0.2) is 4.39 Å². The number of ketones is 1. The molecular formula is C19H21FN4O3. The Morgan fingerprint density at radius 2 is 1.89 bits per heavy atom. The highest BCUT2D eigenvalue weighted by molar-refractivity contribution is 6.04. The van der Waals surface area contributed by atoms with Gasteiger partial charge in [0, 0.05) is 43.6 Å². The zero-order valence-electron chi connectivity index (χ0n) is 15.0. The van der Waals surface area contributed by atoms with Crippen molar-refractivity contribution in [3.05, 3.63) is 47.5 Å². The minimum Gasteiger partial charge on any atom is -0.343 e. The lowest BCUT2D eigenvalue weighted by atomic mass is 9.89. The number of aromatic amines is 1. The molecule has 0 bridgehead atoms. The van der Waals surface area contributed by atoms with Crippen LogP contribution in [0.2, 0.25) is 0 Å². The number of nitrogens with one attached hydrogen (secondary N) is 2. The van der Waals surface area contributed by atoms with E-state index in [4.69, 9.17) is 0 Å². The molecule has 1 aliphatic heterocycles. The number of piperidine rings is 1.